The van der Waals surface area contributed by atoms with Gasteiger partial charge in [0.1, 0.15) is 11.4 Å². The quantitative estimate of drug-likeness (QED) is 0.589. The van der Waals surface area contributed by atoms with Crippen LogP contribution in [0.5, 0.6) is 0 Å². The Kier molecular flexibility index (Phi) is 7.44. The lowest BCUT2D eigenvalue weighted by molar-refractivity contribution is -0.126. The van der Waals surface area contributed by atoms with E-state index in [0.717, 1.165) is 11.1 Å². The second kappa shape index (κ2) is 10.7. The Morgan fingerprint density at radius 1 is 1.00 bits per heavy atom. The predicted octanol–water partition coefficient (Wildman–Crippen LogP) is 3.82. The fourth-order valence-corrected chi connectivity index (χ4v) is 4.43. The van der Waals surface area contributed by atoms with E-state index >= 15 is 0 Å². The van der Waals surface area contributed by atoms with Gasteiger partial charge in [-0.3, -0.25) is 14.4 Å². The molecule has 7 heteroatoms. The van der Waals surface area contributed by atoms with E-state index < -0.39 is 0 Å². The summed E-state index contributed by atoms with van der Waals surface area (Å²) in [6.45, 7) is 5.17. The summed E-state index contributed by atoms with van der Waals surface area (Å²) in [5.74, 6) is -0.911. The Bertz CT molecular complexity index is 1290. The zero-order valence-corrected chi connectivity index (χ0v) is 20.1. The highest BCUT2D eigenvalue weighted by molar-refractivity contribution is 5.94. The second-order valence-corrected chi connectivity index (χ2v) is 9.21. The molecule has 2 amide bonds. The standard InChI is InChI=1S/C28H30FN3O3/c1-19-5-3-6-22(15-19)18-32-12-4-7-24(28(32)35)27(34)31-13-10-23(11-14-31)26(33)30-17-21-9-8-20(2)25(29)16-21/h3-9,12,15-16,23H,10-11,13-14,17-18H2,1-2H3,(H,30,33). The monoisotopic (exact) mass is 475 g/mol. The van der Waals surface area contributed by atoms with Gasteiger partial charge in [-0.1, -0.05) is 42.0 Å². The molecule has 1 aliphatic heterocycles. The zero-order valence-electron chi connectivity index (χ0n) is 20.1. The molecule has 182 valence electrons. The summed E-state index contributed by atoms with van der Waals surface area (Å²) in [5, 5.41) is 2.87. The Hall–Kier alpha value is -3.74. The molecule has 0 radical (unpaired) electrons. The van der Waals surface area contributed by atoms with Crippen molar-refractivity contribution >= 4 is 11.8 Å². The summed E-state index contributed by atoms with van der Waals surface area (Å²) in [5.41, 5.74) is 3.21. The number of aromatic nitrogens is 1. The summed E-state index contributed by atoms with van der Waals surface area (Å²) >= 11 is 0. The number of carbonyl (C=O) groups is 2. The number of aryl methyl sites for hydroxylation is 2. The molecule has 0 unspecified atom stereocenters. The van der Waals surface area contributed by atoms with Crippen molar-refractivity contribution in [1.82, 2.24) is 14.8 Å². The number of likely N-dealkylation sites (tertiary alicyclic amines) is 1. The van der Waals surface area contributed by atoms with Crippen LogP contribution in [0.15, 0.2) is 65.6 Å². The molecule has 0 saturated carbocycles. The van der Waals surface area contributed by atoms with Gasteiger partial charge in [0.15, 0.2) is 0 Å². The van der Waals surface area contributed by atoms with E-state index in [1.165, 1.54) is 6.07 Å². The minimum absolute atomic E-state index is 0.0988. The third-order valence-corrected chi connectivity index (χ3v) is 6.54. The van der Waals surface area contributed by atoms with Crippen molar-refractivity contribution in [2.24, 2.45) is 5.92 Å². The van der Waals surface area contributed by atoms with Crippen LogP contribution in [0.3, 0.4) is 0 Å². The van der Waals surface area contributed by atoms with Crippen LogP contribution in [0.4, 0.5) is 4.39 Å². The molecule has 2 aromatic carbocycles. The Balaban J connectivity index is 1.34. The van der Waals surface area contributed by atoms with Crippen LogP contribution in [0.2, 0.25) is 0 Å². The van der Waals surface area contributed by atoms with Crippen LogP contribution in [-0.4, -0.2) is 34.4 Å². The van der Waals surface area contributed by atoms with Crippen LogP contribution in [0, 0.1) is 25.6 Å². The Labute approximate surface area is 204 Å². The fraction of sp³-hybridized carbons (Fsp3) is 0.321. The minimum atomic E-state index is -0.316. The van der Waals surface area contributed by atoms with Crippen LogP contribution >= 0.6 is 0 Å². The van der Waals surface area contributed by atoms with Crippen LogP contribution in [0.1, 0.15) is 45.5 Å². The van der Waals surface area contributed by atoms with Crippen molar-refractivity contribution < 1.29 is 14.0 Å². The lowest BCUT2D eigenvalue weighted by atomic mass is 9.95. The highest BCUT2D eigenvalue weighted by atomic mass is 19.1. The molecule has 3 aromatic rings. The number of hydrogen-bond acceptors (Lipinski definition) is 3. The summed E-state index contributed by atoms with van der Waals surface area (Å²) in [6.07, 6.45) is 2.73. The molecule has 1 N–H and O–H groups in total. The molecular weight excluding hydrogens is 445 g/mol. The van der Waals surface area contributed by atoms with E-state index in [9.17, 15) is 18.8 Å². The molecule has 0 spiro atoms. The number of amides is 2. The van der Waals surface area contributed by atoms with Crippen molar-refractivity contribution in [2.75, 3.05) is 13.1 Å². The molecule has 4 rings (SSSR count). The largest absolute Gasteiger partial charge is 0.352 e. The smallest absolute Gasteiger partial charge is 0.263 e. The first-order chi connectivity index (χ1) is 16.8. The number of rotatable bonds is 6. The first-order valence-corrected chi connectivity index (χ1v) is 11.9. The number of nitrogens with one attached hydrogen (secondary N) is 1. The lowest BCUT2D eigenvalue weighted by Gasteiger charge is -2.31. The normalized spacial score (nSPS) is 14.1. The first-order valence-electron chi connectivity index (χ1n) is 11.9. The van der Waals surface area contributed by atoms with E-state index in [-0.39, 0.29) is 41.2 Å². The van der Waals surface area contributed by atoms with Gasteiger partial charge in [0.2, 0.25) is 5.91 Å². The van der Waals surface area contributed by atoms with Gasteiger partial charge in [0.05, 0.1) is 6.54 Å². The molecule has 0 atom stereocenters. The molecule has 2 heterocycles. The van der Waals surface area contributed by atoms with E-state index in [4.69, 9.17) is 0 Å². The number of carbonyl (C=O) groups excluding carboxylic acids is 2. The number of pyridine rings is 1. The van der Waals surface area contributed by atoms with E-state index in [2.05, 4.69) is 5.32 Å². The maximum Gasteiger partial charge on any atom is 0.263 e. The maximum atomic E-state index is 13.7. The first kappa shape index (κ1) is 24.4. The van der Waals surface area contributed by atoms with Gasteiger partial charge in [0, 0.05) is 31.7 Å². The van der Waals surface area contributed by atoms with Gasteiger partial charge in [-0.2, -0.15) is 0 Å². The van der Waals surface area contributed by atoms with Crippen molar-refractivity contribution in [3.8, 4) is 0 Å². The third kappa shape index (κ3) is 5.85. The highest BCUT2D eigenvalue weighted by Gasteiger charge is 2.29. The summed E-state index contributed by atoms with van der Waals surface area (Å²) in [6, 6.07) is 16.1. The molecule has 1 fully saturated rings. The molecular formula is C28H30FN3O3. The second-order valence-electron chi connectivity index (χ2n) is 9.21. The average Bonchev–Trinajstić information content (AvgIpc) is 2.85. The van der Waals surface area contributed by atoms with Crippen molar-refractivity contribution in [2.45, 2.75) is 39.8 Å². The van der Waals surface area contributed by atoms with Gasteiger partial charge in [-0.05, 0) is 61.6 Å². The summed E-state index contributed by atoms with van der Waals surface area (Å²) < 4.78 is 15.3. The third-order valence-electron chi connectivity index (χ3n) is 6.54. The van der Waals surface area contributed by atoms with Gasteiger partial charge in [-0.15, -0.1) is 0 Å². The number of halogens is 1. The number of piperidine rings is 1. The van der Waals surface area contributed by atoms with Crippen molar-refractivity contribution in [1.29, 1.82) is 0 Å². The highest BCUT2D eigenvalue weighted by Crippen LogP contribution is 2.19. The van der Waals surface area contributed by atoms with E-state index in [0.29, 0.717) is 43.6 Å². The topological polar surface area (TPSA) is 71.4 Å². The average molecular weight is 476 g/mol. The van der Waals surface area contributed by atoms with Gasteiger partial charge in [0.25, 0.3) is 11.5 Å². The number of hydrogen-bond donors (Lipinski definition) is 1. The Morgan fingerprint density at radius 3 is 2.49 bits per heavy atom. The van der Waals surface area contributed by atoms with Crippen molar-refractivity contribution in [3.63, 3.8) is 0 Å². The maximum absolute atomic E-state index is 13.7. The van der Waals surface area contributed by atoms with E-state index in [1.807, 2.05) is 31.2 Å². The fourth-order valence-electron chi connectivity index (χ4n) is 4.43. The van der Waals surface area contributed by atoms with E-state index in [1.54, 1.807) is 46.9 Å². The Morgan fingerprint density at radius 2 is 1.77 bits per heavy atom. The van der Waals surface area contributed by atoms with Crippen LogP contribution < -0.4 is 10.9 Å². The molecule has 35 heavy (non-hydrogen) atoms. The lowest BCUT2D eigenvalue weighted by Crippen LogP contribution is -2.44. The van der Waals surface area contributed by atoms with Gasteiger partial charge < -0.3 is 14.8 Å². The molecule has 0 bridgehead atoms. The summed E-state index contributed by atoms with van der Waals surface area (Å²) in [7, 11) is 0. The molecule has 0 aliphatic carbocycles. The molecule has 1 aliphatic rings. The van der Waals surface area contributed by atoms with Crippen molar-refractivity contribution in [3.05, 3.63) is 105 Å². The number of benzene rings is 2. The van der Waals surface area contributed by atoms with Crippen LogP contribution in [0.25, 0.3) is 0 Å². The zero-order chi connectivity index (χ0) is 24.9. The van der Waals surface area contributed by atoms with Crippen LogP contribution in [-0.2, 0) is 17.9 Å². The number of nitrogens with zero attached hydrogens (tertiary/aromatic N) is 2. The minimum Gasteiger partial charge on any atom is -0.352 e. The molecule has 6 nitrogen and oxygen atoms in total. The SMILES string of the molecule is Cc1cccc(Cn2cccc(C(=O)N3CCC(C(=O)NCc4ccc(C)c(F)c4)CC3)c2=O)c1. The van der Waals surface area contributed by atoms with Gasteiger partial charge in [-0.25, -0.2) is 4.39 Å². The van der Waals surface area contributed by atoms with Gasteiger partial charge >= 0.3 is 0 Å². The molecule has 1 saturated heterocycles. The molecule has 1 aromatic heterocycles. The predicted molar refractivity (Wildman–Crippen MR) is 133 cm³/mol. The summed E-state index contributed by atoms with van der Waals surface area (Å²) in [4.78, 5) is 40.4.